The van der Waals surface area contributed by atoms with Crippen LogP contribution in [0.15, 0.2) is 143 Å². The molecule has 0 N–H and O–H groups in total. The van der Waals surface area contributed by atoms with Gasteiger partial charge in [-0.2, -0.15) is 0 Å². The van der Waals surface area contributed by atoms with Crippen molar-refractivity contribution in [3.8, 4) is 49.3 Å². The summed E-state index contributed by atoms with van der Waals surface area (Å²) in [6.07, 6.45) is 1.85. The molecular formula is C38H23N3OS2. The minimum atomic E-state index is 0.614. The maximum absolute atomic E-state index is 6.38. The van der Waals surface area contributed by atoms with Crippen LogP contribution in [0.3, 0.4) is 0 Å². The molecule has 9 aromatic rings. The van der Waals surface area contributed by atoms with Gasteiger partial charge in [0.05, 0.1) is 16.7 Å². The number of hydrogen-bond acceptors (Lipinski definition) is 5. The maximum atomic E-state index is 6.38. The van der Waals surface area contributed by atoms with Crippen molar-refractivity contribution in [2.75, 3.05) is 0 Å². The Morgan fingerprint density at radius 2 is 1.34 bits per heavy atom. The number of rotatable bonds is 5. The Labute approximate surface area is 261 Å². The van der Waals surface area contributed by atoms with Crippen molar-refractivity contribution in [3.05, 3.63) is 138 Å². The number of pyridine rings is 1. The van der Waals surface area contributed by atoms with Crippen molar-refractivity contribution >= 4 is 55.6 Å². The lowest BCUT2D eigenvalue weighted by molar-refractivity contribution is 0.620. The SMILES string of the molecule is c1ccc(-c2cc(-c3cccs3)cc(-n3c4ccccc4c4ccc(-c5nc6ccc(-c7cccs7)cc6o5)cc43)c2)nc1. The van der Waals surface area contributed by atoms with Crippen molar-refractivity contribution < 1.29 is 4.42 Å². The second kappa shape index (κ2) is 10.2. The fourth-order valence-corrected chi connectivity index (χ4v) is 7.47. The van der Waals surface area contributed by atoms with Gasteiger partial charge in [0.25, 0.3) is 0 Å². The van der Waals surface area contributed by atoms with Gasteiger partial charge >= 0.3 is 0 Å². The molecule has 0 amide bonds. The first-order valence-electron chi connectivity index (χ1n) is 14.4. The Kier molecular flexibility index (Phi) is 5.82. The molecule has 0 fully saturated rings. The quantitative estimate of drug-likeness (QED) is 0.197. The number of oxazole rings is 1. The number of hydrogen-bond donors (Lipinski definition) is 0. The van der Waals surface area contributed by atoms with Gasteiger partial charge in [0.15, 0.2) is 5.58 Å². The number of para-hydroxylation sites is 1. The molecule has 6 heteroatoms. The minimum absolute atomic E-state index is 0.614. The van der Waals surface area contributed by atoms with Crippen LogP contribution in [0.5, 0.6) is 0 Å². The summed E-state index contributed by atoms with van der Waals surface area (Å²) in [6, 6.07) is 42.6. The van der Waals surface area contributed by atoms with Crippen LogP contribution >= 0.6 is 22.7 Å². The van der Waals surface area contributed by atoms with Gasteiger partial charge in [-0.3, -0.25) is 4.98 Å². The van der Waals surface area contributed by atoms with E-state index >= 15 is 0 Å². The summed E-state index contributed by atoms with van der Waals surface area (Å²) >= 11 is 3.47. The molecule has 4 aromatic carbocycles. The predicted octanol–water partition coefficient (Wildman–Crippen LogP) is 11.1. The summed E-state index contributed by atoms with van der Waals surface area (Å²) in [7, 11) is 0. The van der Waals surface area contributed by atoms with Crippen LogP contribution in [0, 0.1) is 0 Å². The van der Waals surface area contributed by atoms with Crippen molar-refractivity contribution in [3.63, 3.8) is 0 Å². The largest absolute Gasteiger partial charge is 0.436 e. The van der Waals surface area contributed by atoms with Crippen molar-refractivity contribution in [2.24, 2.45) is 0 Å². The van der Waals surface area contributed by atoms with Crippen LogP contribution in [0.1, 0.15) is 0 Å². The van der Waals surface area contributed by atoms with E-state index in [1.165, 1.54) is 26.1 Å². The summed E-state index contributed by atoms with van der Waals surface area (Å²) < 4.78 is 8.74. The number of nitrogens with zero attached hydrogens (tertiary/aromatic N) is 3. The maximum Gasteiger partial charge on any atom is 0.227 e. The lowest BCUT2D eigenvalue weighted by atomic mass is 10.0. The van der Waals surface area contributed by atoms with Gasteiger partial charge in [-0.1, -0.05) is 48.5 Å². The first kappa shape index (κ1) is 25.2. The topological polar surface area (TPSA) is 43.9 Å². The molecule has 44 heavy (non-hydrogen) atoms. The molecule has 0 aliphatic heterocycles. The fourth-order valence-electron chi connectivity index (χ4n) is 6.03. The van der Waals surface area contributed by atoms with E-state index in [4.69, 9.17) is 9.40 Å². The average molecular weight is 602 g/mol. The monoisotopic (exact) mass is 601 g/mol. The van der Waals surface area contributed by atoms with Gasteiger partial charge < -0.3 is 8.98 Å². The normalized spacial score (nSPS) is 11.6. The zero-order valence-electron chi connectivity index (χ0n) is 23.3. The highest BCUT2D eigenvalue weighted by Crippen LogP contribution is 2.39. The molecular weight excluding hydrogens is 579 g/mol. The highest BCUT2D eigenvalue weighted by atomic mass is 32.1. The molecule has 0 radical (unpaired) electrons. The molecule has 208 valence electrons. The summed E-state index contributed by atoms with van der Waals surface area (Å²) in [4.78, 5) is 12.0. The van der Waals surface area contributed by atoms with Crippen LogP contribution in [-0.2, 0) is 0 Å². The third kappa shape index (κ3) is 4.19. The number of fused-ring (bicyclic) bond motifs is 4. The average Bonchev–Trinajstić information content (AvgIpc) is 3.90. The van der Waals surface area contributed by atoms with Gasteiger partial charge in [-0.15, -0.1) is 22.7 Å². The number of thiophene rings is 2. The van der Waals surface area contributed by atoms with Crippen LogP contribution in [0.25, 0.3) is 82.2 Å². The second-order valence-electron chi connectivity index (χ2n) is 10.7. The summed E-state index contributed by atoms with van der Waals surface area (Å²) in [5.41, 5.74) is 10.2. The predicted molar refractivity (Wildman–Crippen MR) is 184 cm³/mol. The van der Waals surface area contributed by atoms with E-state index in [9.17, 15) is 0 Å². The number of benzene rings is 4. The molecule has 4 nitrogen and oxygen atoms in total. The van der Waals surface area contributed by atoms with E-state index < -0.39 is 0 Å². The first-order valence-corrected chi connectivity index (χ1v) is 16.1. The van der Waals surface area contributed by atoms with E-state index in [1.54, 1.807) is 22.7 Å². The molecule has 5 aromatic heterocycles. The molecule has 0 saturated carbocycles. The molecule has 0 aliphatic carbocycles. The second-order valence-corrected chi connectivity index (χ2v) is 12.6. The third-order valence-electron chi connectivity index (χ3n) is 8.06. The lowest BCUT2D eigenvalue weighted by Gasteiger charge is -2.13. The molecule has 0 saturated heterocycles. The molecule has 0 atom stereocenters. The van der Waals surface area contributed by atoms with E-state index in [2.05, 4.69) is 123 Å². The molecule has 9 rings (SSSR count). The van der Waals surface area contributed by atoms with Gasteiger partial charge in [-0.05, 0) is 94.7 Å². The van der Waals surface area contributed by atoms with Crippen molar-refractivity contribution in [1.29, 1.82) is 0 Å². The van der Waals surface area contributed by atoms with Gasteiger partial charge in [0.1, 0.15) is 5.52 Å². The highest BCUT2D eigenvalue weighted by molar-refractivity contribution is 7.13. The highest BCUT2D eigenvalue weighted by Gasteiger charge is 2.17. The van der Waals surface area contributed by atoms with Gasteiger partial charge in [-0.25, -0.2) is 4.98 Å². The summed E-state index contributed by atoms with van der Waals surface area (Å²) in [6.45, 7) is 0. The van der Waals surface area contributed by atoms with Crippen LogP contribution in [-0.4, -0.2) is 14.5 Å². The Morgan fingerprint density at radius 3 is 2.16 bits per heavy atom. The minimum Gasteiger partial charge on any atom is -0.436 e. The van der Waals surface area contributed by atoms with Gasteiger partial charge in [0, 0.05) is 43.5 Å². The molecule has 0 spiro atoms. The van der Waals surface area contributed by atoms with Crippen molar-refractivity contribution in [2.45, 2.75) is 0 Å². The molecule has 0 aliphatic rings. The van der Waals surface area contributed by atoms with E-state index in [0.717, 1.165) is 50.2 Å². The zero-order valence-corrected chi connectivity index (χ0v) is 25.0. The van der Waals surface area contributed by atoms with Crippen molar-refractivity contribution in [1.82, 2.24) is 14.5 Å². The lowest BCUT2D eigenvalue weighted by Crippen LogP contribution is -1.96. The fraction of sp³-hybridized carbons (Fsp3) is 0. The Hall–Kier alpha value is -5.30. The van der Waals surface area contributed by atoms with Crippen LogP contribution in [0.4, 0.5) is 0 Å². The molecule has 0 unspecified atom stereocenters. The molecule has 0 bridgehead atoms. The van der Waals surface area contributed by atoms with Crippen LogP contribution in [0.2, 0.25) is 0 Å². The van der Waals surface area contributed by atoms with E-state index in [1.807, 2.05) is 24.4 Å². The smallest absolute Gasteiger partial charge is 0.227 e. The first-order chi connectivity index (χ1) is 21.8. The van der Waals surface area contributed by atoms with E-state index in [0.29, 0.717) is 5.89 Å². The Balaban J connectivity index is 1.26. The standard InChI is InChI=1S/C38H23N3OS2/c1-2-9-33-29(7-1)30-14-12-25(38-40-32-15-13-24(23-35(32)42-38)36-10-5-17-43-36)22-34(30)41(33)28-20-26(31-8-3-4-16-39-31)19-27(21-28)37-11-6-18-44-37/h1-23H. The third-order valence-corrected chi connectivity index (χ3v) is 9.90. The van der Waals surface area contributed by atoms with Gasteiger partial charge in [0.2, 0.25) is 5.89 Å². The Bertz CT molecular complexity index is 2440. The summed E-state index contributed by atoms with van der Waals surface area (Å²) in [5, 5.41) is 6.60. The summed E-state index contributed by atoms with van der Waals surface area (Å²) in [5.74, 6) is 0.614. The Morgan fingerprint density at radius 1 is 0.568 bits per heavy atom. The molecule has 5 heterocycles. The van der Waals surface area contributed by atoms with E-state index in [-0.39, 0.29) is 0 Å². The number of aromatic nitrogens is 3. The van der Waals surface area contributed by atoms with Crippen LogP contribution < -0.4 is 0 Å². The zero-order chi connectivity index (χ0) is 29.0.